The van der Waals surface area contributed by atoms with Crippen molar-refractivity contribution in [2.24, 2.45) is 0 Å². The Balaban J connectivity index is 4.04. The highest BCUT2D eigenvalue weighted by molar-refractivity contribution is 8.00. The van der Waals surface area contributed by atoms with Gasteiger partial charge in [0.1, 0.15) is 0 Å². The number of hydrogen-bond donors (Lipinski definition) is 1. The van der Waals surface area contributed by atoms with Crippen LogP contribution in [0.4, 0.5) is 0 Å². The summed E-state index contributed by atoms with van der Waals surface area (Å²) in [6, 6.07) is 0. The normalized spacial score (nSPS) is 12.1. The Morgan fingerprint density at radius 1 is 1.67 bits per heavy atom. The second kappa shape index (κ2) is 5.83. The third kappa shape index (κ3) is 3.57. The highest BCUT2D eigenvalue weighted by Crippen LogP contribution is 2.15. The molecule has 68 valence electrons. The molecule has 12 heavy (non-hydrogen) atoms. The van der Waals surface area contributed by atoms with Gasteiger partial charge in [0.05, 0.1) is 5.25 Å². The van der Waals surface area contributed by atoms with Gasteiger partial charge >= 0.3 is 5.97 Å². The average molecular weight is 188 g/mol. The van der Waals surface area contributed by atoms with Crippen LogP contribution in [0.3, 0.4) is 0 Å². The van der Waals surface area contributed by atoms with E-state index in [2.05, 4.69) is 6.58 Å². The molecule has 0 bridgehead atoms. The lowest BCUT2D eigenvalue weighted by molar-refractivity contribution is -0.148. The quantitative estimate of drug-likeness (QED) is 0.505. The van der Waals surface area contributed by atoms with Gasteiger partial charge in [-0.1, -0.05) is 13.0 Å². The van der Waals surface area contributed by atoms with Gasteiger partial charge in [0, 0.05) is 5.75 Å². The lowest BCUT2D eigenvalue weighted by atomic mass is 10.2. The summed E-state index contributed by atoms with van der Waals surface area (Å²) in [5.74, 6) is -1.46. The summed E-state index contributed by atoms with van der Waals surface area (Å²) in [7, 11) is 0. The lowest BCUT2D eigenvalue weighted by Crippen LogP contribution is -2.25. The van der Waals surface area contributed by atoms with Gasteiger partial charge in [0.15, 0.2) is 0 Å². The Hall–Kier alpha value is -0.770. The van der Waals surface area contributed by atoms with Gasteiger partial charge in [-0.25, -0.2) is 4.79 Å². The number of aliphatic carboxylic acids is 1. The molecule has 0 fully saturated rings. The highest BCUT2D eigenvalue weighted by Gasteiger charge is 2.22. The topological polar surface area (TPSA) is 54.4 Å². The van der Waals surface area contributed by atoms with Gasteiger partial charge in [-0.05, 0) is 6.42 Å². The molecule has 0 saturated heterocycles. The van der Waals surface area contributed by atoms with E-state index < -0.39 is 17.0 Å². The van der Waals surface area contributed by atoms with E-state index in [1.165, 1.54) is 11.8 Å². The molecule has 1 atom stereocenters. The Kier molecular flexibility index (Phi) is 5.45. The van der Waals surface area contributed by atoms with Crippen molar-refractivity contribution in [3.05, 3.63) is 12.7 Å². The zero-order valence-electron chi connectivity index (χ0n) is 6.95. The number of thioether (sulfide) groups is 1. The first-order valence-electron chi connectivity index (χ1n) is 3.63. The largest absolute Gasteiger partial charge is 0.475 e. The molecule has 4 heteroatoms. The van der Waals surface area contributed by atoms with Gasteiger partial charge < -0.3 is 5.11 Å². The van der Waals surface area contributed by atoms with Crippen LogP contribution < -0.4 is 0 Å². The smallest absolute Gasteiger partial charge is 0.373 e. The van der Waals surface area contributed by atoms with Crippen LogP contribution in [0.5, 0.6) is 0 Å². The van der Waals surface area contributed by atoms with E-state index in [4.69, 9.17) is 5.11 Å². The van der Waals surface area contributed by atoms with Crippen LogP contribution in [-0.4, -0.2) is 27.9 Å². The number of rotatable bonds is 6. The highest BCUT2D eigenvalue weighted by atomic mass is 32.2. The van der Waals surface area contributed by atoms with E-state index in [1.54, 1.807) is 13.0 Å². The minimum atomic E-state index is -1.35. The van der Waals surface area contributed by atoms with Crippen molar-refractivity contribution in [1.29, 1.82) is 0 Å². The second-order valence-corrected chi connectivity index (χ2v) is 3.42. The minimum Gasteiger partial charge on any atom is -0.475 e. The van der Waals surface area contributed by atoms with Crippen LogP contribution in [0.15, 0.2) is 12.7 Å². The third-order valence-corrected chi connectivity index (χ3v) is 2.67. The monoisotopic (exact) mass is 188 g/mol. The Morgan fingerprint density at radius 3 is 2.58 bits per heavy atom. The summed E-state index contributed by atoms with van der Waals surface area (Å²) in [6.45, 7) is 5.28. The van der Waals surface area contributed by atoms with Gasteiger partial charge in [0.2, 0.25) is 0 Å². The molecule has 1 N–H and O–H groups in total. The van der Waals surface area contributed by atoms with Crippen molar-refractivity contribution < 1.29 is 14.7 Å². The first kappa shape index (κ1) is 11.2. The van der Waals surface area contributed by atoms with Crippen molar-refractivity contribution in [3.63, 3.8) is 0 Å². The van der Waals surface area contributed by atoms with Crippen molar-refractivity contribution in [2.45, 2.75) is 18.6 Å². The molecule has 0 aliphatic carbocycles. The molecule has 1 unspecified atom stereocenters. The zero-order valence-corrected chi connectivity index (χ0v) is 7.76. The van der Waals surface area contributed by atoms with Gasteiger partial charge in [-0.15, -0.1) is 18.3 Å². The molecule has 0 saturated carbocycles. The number of hydrogen-bond acceptors (Lipinski definition) is 3. The summed E-state index contributed by atoms with van der Waals surface area (Å²) in [5.41, 5.74) is 0. The maximum atomic E-state index is 10.9. The summed E-state index contributed by atoms with van der Waals surface area (Å²) < 4.78 is 0. The van der Waals surface area contributed by atoms with Gasteiger partial charge in [-0.3, -0.25) is 4.79 Å². The summed E-state index contributed by atoms with van der Waals surface area (Å²) >= 11 is 1.31. The Bertz CT molecular complexity index is 189. The second-order valence-electron chi connectivity index (χ2n) is 2.19. The standard InChI is InChI=1S/C8H12O3S/c1-3-5-12-6(4-2)7(9)8(10)11/h3,6H,1,4-5H2,2H3,(H,10,11). The molecule has 0 aliphatic rings. The van der Waals surface area contributed by atoms with Crippen LogP contribution in [0, 0.1) is 0 Å². The number of carboxylic acids is 1. The van der Waals surface area contributed by atoms with Crippen molar-refractivity contribution in [3.8, 4) is 0 Å². The van der Waals surface area contributed by atoms with Gasteiger partial charge in [-0.2, -0.15) is 0 Å². The molecule has 0 aromatic rings. The number of carbonyl (C=O) groups excluding carboxylic acids is 1. The Morgan fingerprint density at radius 2 is 2.25 bits per heavy atom. The van der Waals surface area contributed by atoms with Crippen LogP contribution in [0.1, 0.15) is 13.3 Å². The van der Waals surface area contributed by atoms with E-state index in [-0.39, 0.29) is 0 Å². The predicted molar refractivity (Wildman–Crippen MR) is 49.4 cm³/mol. The van der Waals surface area contributed by atoms with E-state index in [0.717, 1.165) is 0 Å². The summed E-state index contributed by atoms with van der Waals surface area (Å²) in [5, 5.41) is 7.96. The predicted octanol–water partition coefficient (Wildman–Crippen LogP) is 1.34. The Labute approximate surface area is 75.8 Å². The molecular formula is C8H12O3S. The van der Waals surface area contributed by atoms with Crippen molar-refractivity contribution >= 4 is 23.5 Å². The van der Waals surface area contributed by atoms with E-state index >= 15 is 0 Å². The lowest BCUT2D eigenvalue weighted by Gasteiger charge is -2.07. The van der Waals surface area contributed by atoms with Crippen molar-refractivity contribution in [2.75, 3.05) is 5.75 Å². The van der Waals surface area contributed by atoms with Crippen molar-refractivity contribution in [1.82, 2.24) is 0 Å². The van der Waals surface area contributed by atoms with E-state index in [9.17, 15) is 9.59 Å². The molecular weight excluding hydrogens is 176 g/mol. The first-order chi connectivity index (χ1) is 5.63. The first-order valence-corrected chi connectivity index (χ1v) is 4.68. The van der Waals surface area contributed by atoms with E-state index in [1.807, 2.05) is 0 Å². The third-order valence-electron chi connectivity index (χ3n) is 1.29. The SMILES string of the molecule is C=CCSC(CC)C(=O)C(=O)O. The molecule has 0 aromatic heterocycles. The summed E-state index contributed by atoms with van der Waals surface area (Å²) in [6.07, 6.45) is 2.20. The fraction of sp³-hybridized carbons (Fsp3) is 0.500. The minimum absolute atomic E-state index is 0.430. The molecule has 0 amide bonds. The molecule has 0 spiro atoms. The fourth-order valence-electron chi connectivity index (χ4n) is 0.701. The van der Waals surface area contributed by atoms with Crippen LogP contribution in [0.25, 0.3) is 0 Å². The number of carboxylic acid groups (broad SMARTS) is 1. The average Bonchev–Trinajstić information content (AvgIpc) is 2.05. The van der Waals surface area contributed by atoms with Crippen LogP contribution >= 0.6 is 11.8 Å². The maximum Gasteiger partial charge on any atom is 0.373 e. The molecule has 0 rings (SSSR count). The number of Topliss-reactive ketones (excluding diaryl/α,β-unsaturated/α-hetero) is 1. The molecule has 0 radical (unpaired) electrons. The number of ketones is 1. The zero-order chi connectivity index (χ0) is 9.56. The number of carbonyl (C=O) groups is 2. The summed E-state index contributed by atoms with van der Waals surface area (Å²) in [4.78, 5) is 21.2. The molecule has 0 aliphatic heterocycles. The fourth-order valence-corrected chi connectivity index (χ4v) is 1.56. The van der Waals surface area contributed by atoms with E-state index in [0.29, 0.717) is 12.2 Å². The molecule has 0 heterocycles. The molecule has 0 aromatic carbocycles. The molecule has 3 nitrogen and oxygen atoms in total. The van der Waals surface area contributed by atoms with Crippen LogP contribution in [-0.2, 0) is 9.59 Å². The maximum absolute atomic E-state index is 10.9. The van der Waals surface area contributed by atoms with Crippen LogP contribution in [0.2, 0.25) is 0 Å². The van der Waals surface area contributed by atoms with Gasteiger partial charge in [0.25, 0.3) is 5.78 Å².